The van der Waals surface area contributed by atoms with Gasteiger partial charge in [0.15, 0.2) is 34.5 Å². The van der Waals surface area contributed by atoms with E-state index in [4.69, 9.17) is 28.4 Å². The number of methoxy groups -OCH3 is 4. The van der Waals surface area contributed by atoms with Gasteiger partial charge in [-0.2, -0.15) is 17.8 Å². The molecule has 5 heterocycles. The third kappa shape index (κ3) is 5.89. The zero-order chi connectivity index (χ0) is 38.9. The maximum Gasteiger partial charge on any atom is 0.277 e. The number of ether oxygens (including phenoxy) is 6. The van der Waals surface area contributed by atoms with Crippen molar-refractivity contribution in [2.24, 2.45) is 0 Å². The van der Waals surface area contributed by atoms with E-state index in [1.807, 2.05) is 48.3 Å². The number of hydrazine groups is 1. The summed E-state index contributed by atoms with van der Waals surface area (Å²) < 4.78 is 69.0. The Balaban J connectivity index is 1.32. The van der Waals surface area contributed by atoms with E-state index in [1.165, 1.54) is 9.98 Å². The summed E-state index contributed by atoms with van der Waals surface area (Å²) in [6, 6.07) is 24.5. The average Bonchev–Trinajstić information content (AvgIpc) is 3.20. The molecule has 0 radical (unpaired) electrons. The molecule has 5 aliphatic heterocycles. The number of rotatable bonds is 6. The zero-order valence-corrected chi connectivity index (χ0v) is 33.2. The lowest BCUT2D eigenvalue weighted by Crippen LogP contribution is -2.54. The van der Waals surface area contributed by atoms with Gasteiger partial charge in [-0.25, -0.2) is 0 Å². The number of nitrogens with zero attached hydrogens (tertiary/aromatic N) is 3. The van der Waals surface area contributed by atoms with Gasteiger partial charge in [0, 0.05) is 30.8 Å². The number of likely N-dealkylation sites (N-methyl/N-ethyl adjacent to an activating group) is 1. The van der Waals surface area contributed by atoms with E-state index in [1.54, 1.807) is 46.6 Å². The van der Waals surface area contributed by atoms with Gasteiger partial charge in [-0.05, 0) is 116 Å². The first kappa shape index (κ1) is 36.2. The van der Waals surface area contributed by atoms with Crippen LogP contribution in [0.15, 0.2) is 83.8 Å². The summed E-state index contributed by atoms with van der Waals surface area (Å²) >= 11 is 0. The van der Waals surface area contributed by atoms with Crippen LogP contribution >= 0.6 is 0 Å². The van der Waals surface area contributed by atoms with Crippen LogP contribution in [0.1, 0.15) is 51.0 Å². The lowest BCUT2D eigenvalue weighted by Gasteiger charge is -2.48. The summed E-state index contributed by atoms with van der Waals surface area (Å²) in [5, 5.41) is 1.94. The van der Waals surface area contributed by atoms with Crippen LogP contribution in [0.4, 0.5) is 5.69 Å². The minimum absolute atomic E-state index is 0.0725. The normalized spacial score (nSPS) is 18.7. The number of sulfonamides is 1. The quantitative estimate of drug-likeness (QED) is 0.169. The topological polar surface area (TPSA) is 99.2 Å². The Morgan fingerprint density at radius 1 is 0.679 bits per heavy atom. The summed E-state index contributed by atoms with van der Waals surface area (Å²) in [5.74, 6) is 4.07. The summed E-state index contributed by atoms with van der Waals surface area (Å²) in [7, 11) is 4.44. The molecule has 0 amide bonds. The molecule has 0 unspecified atom stereocenters. The maximum absolute atomic E-state index is 15.0. The van der Waals surface area contributed by atoms with E-state index in [-0.39, 0.29) is 10.9 Å². The van der Waals surface area contributed by atoms with Gasteiger partial charge in [-0.1, -0.05) is 29.8 Å². The van der Waals surface area contributed by atoms with Crippen molar-refractivity contribution < 1.29 is 36.8 Å². The number of anilines is 1. The van der Waals surface area contributed by atoms with Crippen molar-refractivity contribution in [2.75, 3.05) is 53.0 Å². The number of hydrogen-bond donors (Lipinski definition) is 0. The van der Waals surface area contributed by atoms with E-state index >= 15 is 8.42 Å². The summed E-state index contributed by atoms with van der Waals surface area (Å²) in [5.41, 5.74) is 7.53. The molecular formula is C44H45N3O8S. The number of fused-ring (bicyclic) bond motifs is 2. The van der Waals surface area contributed by atoms with Gasteiger partial charge in [0.2, 0.25) is 5.75 Å². The van der Waals surface area contributed by atoms with Crippen LogP contribution in [0, 0.1) is 6.92 Å². The van der Waals surface area contributed by atoms with E-state index < -0.39 is 16.1 Å². The predicted octanol–water partition coefficient (Wildman–Crippen LogP) is 7.96. The SMILES string of the molecule is COc1cc2c3cc1Oc1ccc(cc1)C[C@@H]1c4cc(c(OC)cc4CCN1C)Oc1c(OC)c(OC)cc4c1[C@@H](C3)N(CC4)N2S(=O)(=O)c1ccc(C)cc1. The molecule has 5 aromatic carbocycles. The monoisotopic (exact) mass is 775 g/mol. The van der Waals surface area contributed by atoms with Crippen molar-refractivity contribution in [1.82, 2.24) is 9.91 Å². The summed E-state index contributed by atoms with van der Waals surface area (Å²) in [6.45, 7) is 3.24. The molecule has 7 bridgehead atoms. The van der Waals surface area contributed by atoms with E-state index in [9.17, 15) is 0 Å². The molecule has 0 aromatic heterocycles. The van der Waals surface area contributed by atoms with Crippen molar-refractivity contribution in [3.8, 4) is 46.0 Å². The lowest BCUT2D eigenvalue weighted by molar-refractivity contribution is 0.178. The van der Waals surface area contributed by atoms with E-state index in [0.29, 0.717) is 71.1 Å². The minimum Gasteiger partial charge on any atom is -0.493 e. The second kappa shape index (κ2) is 13.9. The van der Waals surface area contributed by atoms with Crippen molar-refractivity contribution in [2.45, 2.75) is 49.6 Å². The molecule has 12 heteroatoms. The first-order valence-corrected chi connectivity index (χ1v) is 20.3. The molecule has 290 valence electrons. The fourth-order valence-corrected chi connectivity index (χ4v) is 10.3. The van der Waals surface area contributed by atoms with Crippen molar-refractivity contribution in [3.05, 3.63) is 118 Å². The Hall–Kier alpha value is -5.43. The van der Waals surface area contributed by atoms with Crippen LogP contribution in [0.2, 0.25) is 0 Å². The smallest absolute Gasteiger partial charge is 0.277 e. The Morgan fingerprint density at radius 2 is 1.36 bits per heavy atom. The van der Waals surface area contributed by atoms with Crippen molar-refractivity contribution >= 4 is 15.7 Å². The fourth-order valence-electron chi connectivity index (χ4n) is 8.75. The van der Waals surface area contributed by atoms with Crippen LogP contribution in [0.3, 0.4) is 0 Å². The number of benzene rings is 5. The Bertz CT molecular complexity index is 2450. The molecule has 0 saturated carbocycles. The van der Waals surface area contributed by atoms with Crippen LogP contribution in [-0.4, -0.2) is 66.9 Å². The highest BCUT2D eigenvalue weighted by atomic mass is 32.2. The number of hydrogen-bond acceptors (Lipinski definition) is 10. The first-order chi connectivity index (χ1) is 27.1. The van der Waals surface area contributed by atoms with E-state index in [0.717, 1.165) is 52.8 Å². The largest absolute Gasteiger partial charge is 0.493 e. The predicted molar refractivity (Wildman–Crippen MR) is 213 cm³/mol. The average molecular weight is 776 g/mol. The van der Waals surface area contributed by atoms with Gasteiger partial charge < -0.3 is 28.4 Å². The molecular weight excluding hydrogens is 731 g/mol. The molecule has 5 aliphatic rings. The fraction of sp³-hybridized carbons (Fsp3) is 0.318. The molecule has 5 aromatic rings. The Kier molecular flexibility index (Phi) is 9.02. The van der Waals surface area contributed by atoms with Crippen LogP contribution in [0.25, 0.3) is 0 Å². The zero-order valence-electron chi connectivity index (χ0n) is 32.4. The molecule has 2 atom stereocenters. The lowest BCUT2D eigenvalue weighted by atomic mass is 9.86. The van der Waals surface area contributed by atoms with Gasteiger partial charge in [0.1, 0.15) is 5.75 Å². The molecule has 0 N–H and O–H groups in total. The maximum atomic E-state index is 15.0. The van der Waals surface area contributed by atoms with Gasteiger partial charge >= 0.3 is 0 Å². The Labute approximate surface area is 327 Å². The second-order valence-electron chi connectivity index (χ2n) is 14.8. The third-order valence-electron chi connectivity index (χ3n) is 11.7. The first-order valence-electron chi connectivity index (χ1n) is 18.8. The van der Waals surface area contributed by atoms with E-state index in [2.05, 4.69) is 36.2 Å². The highest BCUT2D eigenvalue weighted by Gasteiger charge is 2.46. The summed E-state index contributed by atoms with van der Waals surface area (Å²) in [6.07, 6.45) is 2.59. The minimum atomic E-state index is -4.15. The van der Waals surface area contributed by atoms with Gasteiger partial charge in [-0.3, -0.25) is 4.90 Å². The van der Waals surface area contributed by atoms with Crippen molar-refractivity contribution in [1.29, 1.82) is 0 Å². The molecule has 0 aliphatic carbocycles. The summed E-state index contributed by atoms with van der Waals surface area (Å²) in [4.78, 5) is 2.56. The molecule has 11 nitrogen and oxygen atoms in total. The highest BCUT2D eigenvalue weighted by Crippen LogP contribution is 2.55. The second-order valence-corrected chi connectivity index (χ2v) is 16.6. The van der Waals surface area contributed by atoms with Crippen molar-refractivity contribution in [3.63, 3.8) is 0 Å². The van der Waals surface area contributed by atoms with Crippen LogP contribution in [0.5, 0.6) is 46.0 Å². The third-order valence-corrected chi connectivity index (χ3v) is 13.4. The molecule has 0 saturated heterocycles. The van der Waals surface area contributed by atoms with Gasteiger partial charge in [-0.15, -0.1) is 0 Å². The molecule has 0 spiro atoms. The Morgan fingerprint density at radius 3 is 2.07 bits per heavy atom. The van der Waals surface area contributed by atoms with Crippen LogP contribution < -0.4 is 32.8 Å². The number of aryl methyl sites for hydroxylation is 1. The highest BCUT2D eigenvalue weighted by molar-refractivity contribution is 7.92. The molecule has 0 fully saturated rings. The molecule has 10 rings (SSSR count). The van der Waals surface area contributed by atoms with Gasteiger partial charge in [0.25, 0.3) is 10.0 Å². The molecule has 56 heavy (non-hydrogen) atoms. The standard InChI is InChI=1S/C44H45N3O8S/c1-26-7-13-32(14-8-26)56(48,49)47-34-25-38(51-4)39-23-30(34)20-36-42-29(16-18-46(36)47)22-41(52-5)43(53-6)44(42)55-40-24-33-28(21-37(40)50-3)15-17-45(2)35(33)19-27-9-11-31(54-39)12-10-27/h7-14,21-25,35-36H,15-20H2,1-6H3/t35-,36-/m1/s1. The van der Waals surface area contributed by atoms with Crippen LogP contribution in [-0.2, 0) is 35.7 Å². The van der Waals surface area contributed by atoms with Gasteiger partial charge in [0.05, 0.1) is 45.1 Å².